The van der Waals surface area contributed by atoms with E-state index in [0.717, 1.165) is 56.3 Å². The summed E-state index contributed by atoms with van der Waals surface area (Å²) >= 11 is 0. The standard InChI is InChI=1S/C24H32N4O5/c1-24(17-12-14-20(15-13-17)28(32)33)22(30)26(23(31)25-24)16-21(29)27(18-8-4-2-5-9-18)19-10-6-3-7-11-19/h12-15,18-19H,2-11,16H2,1H3,(H,25,31). The molecule has 4 amide bonds. The largest absolute Gasteiger partial charge is 0.335 e. The van der Waals surface area contributed by atoms with Crippen LogP contribution in [0.4, 0.5) is 10.5 Å². The van der Waals surface area contributed by atoms with E-state index >= 15 is 0 Å². The van der Waals surface area contributed by atoms with Crippen LogP contribution in [-0.4, -0.2) is 51.2 Å². The first-order chi connectivity index (χ1) is 15.8. The zero-order valence-electron chi connectivity index (χ0n) is 19.1. The zero-order valence-corrected chi connectivity index (χ0v) is 19.1. The van der Waals surface area contributed by atoms with Crippen molar-refractivity contribution >= 4 is 23.5 Å². The van der Waals surface area contributed by atoms with Gasteiger partial charge in [0.25, 0.3) is 11.6 Å². The second-order valence-electron chi connectivity index (χ2n) is 9.64. The molecule has 3 fully saturated rings. The molecule has 3 aliphatic rings. The molecule has 1 heterocycles. The number of nitro groups is 1. The van der Waals surface area contributed by atoms with Crippen LogP contribution in [0.2, 0.25) is 0 Å². The summed E-state index contributed by atoms with van der Waals surface area (Å²) in [6, 6.07) is 5.30. The van der Waals surface area contributed by atoms with Crippen molar-refractivity contribution in [3.63, 3.8) is 0 Å². The first-order valence-corrected chi connectivity index (χ1v) is 12.0. The lowest BCUT2D eigenvalue weighted by molar-refractivity contribution is -0.384. The molecule has 0 bridgehead atoms. The van der Waals surface area contributed by atoms with Crippen LogP contribution >= 0.6 is 0 Å². The van der Waals surface area contributed by atoms with Gasteiger partial charge in [0.15, 0.2) is 0 Å². The molecule has 2 aliphatic carbocycles. The number of urea groups is 1. The average molecular weight is 457 g/mol. The molecule has 1 unspecified atom stereocenters. The molecule has 1 aromatic carbocycles. The molecule has 1 aromatic rings. The quantitative estimate of drug-likeness (QED) is 0.397. The number of benzene rings is 1. The lowest BCUT2D eigenvalue weighted by Gasteiger charge is -2.42. The Labute approximate surface area is 193 Å². The van der Waals surface area contributed by atoms with Crippen LogP contribution in [0.25, 0.3) is 0 Å². The summed E-state index contributed by atoms with van der Waals surface area (Å²) in [5.74, 6) is -0.674. The number of carbonyl (C=O) groups is 3. The van der Waals surface area contributed by atoms with Crippen molar-refractivity contribution in [2.24, 2.45) is 0 Å². The van der Waals surface area contributed by atoms with Crippen molar-refractivity contribution in [2.45, 2.75) is 88.8 Å². The van der Waals surface area contributed by atoms with E-state index in [1.165, 1.54) is 37.1 Å². The van der Waals surface area contributed by atoms with Gasteiger partial charge in [0.05, 0.1) is 4.92 Å². The molecule has 0 spiro atoms. The second kappa shape index (κ2) is 9.49. The van der Waals surface area contributed by atoms with Gasteiger partial charge in [-0.3, -0.25) is 24.6 Å². The van der Waals surface area contributed by atoms with E-state index in [4.69, 9.17) is 0 Å². The molecule has 9 nitrogen and oxygen atoms in total. The van der Waals surface area contributed by atoms with Gasteiger partial charge in [-0.25, -0.2) is 4.79 Å². The first kappa shape index (κ1) is 23.2. The number of nitrogens with one attached hydrogen (secondary N) is 1. The Balaban J connectivity index is 1.52. The summed E-state index contributed by atoms with van der Waals surface area (Å²) in [7, 11) is 0. The van der Waals surface area contributed by atoms with E-state index in [9.17, 15) is 24.5 Å². The molecule has 9 heteroatoms. The maximum Gasteiger partial charge on any atom is 0.325 e. The van der Waals surface area contributed by atoms with Gasteiger partial charge in [0, 0.05) is 24.2 Å². The number of imide groups is 1. The number of amides is 4. The molecule has 4 rings (SSSR count). The average Bonchev–Trinajstić information content (AvgIpc) is 3.04. The summed E-state index contributed by atoms with van der Waals surface area (Å²) in [4.78, 5) is 53.0. The highest BCUT2D eigenvalue weighted by molar-refractivity contribution is 6.09. The van der Waals surface area contributed by atoms with Gasteiger partial charge >= 0.3 is 6.03 Å². The number of hydrogen-bond donors (Lipinski definition) is 1. The minimum absolute atomic E-state index is 0.0956. The lowest BCUT2D eigenvalue weighted by Crippen LogP contribution is -2.53. The normalized spacial score (nSPS) is 24.6. The topological polar surface area (TPSA) is 113 Å². The van der Waals surface area contributed by atoms with Crippen LogP contribution in [0, 0.1) is 10.1 Å². The SMILES string of the molecule is CC1(c2ccc([N+](=O)[O-])cc2)NC(=O)N(CC(=O)N(C2CCCCC2)C2CCCCC2)C1=O. The van der Waals surface area contributed by atoms with Crippen LogP contribution in [0.15, 0.2) is 24.3 Å². The highest BCUT2D eigenvalue weighted by Crippen LogP contribution is 2.33. The lowest BCUT2D eigenvalue weighted by atomic mass is 9.88. The number of hydrogen-bond acceptors (Lipinski definition) is 5. The molecule has 1 saturated heterocycles. The molecule has 0 aromatic heterocycles. The Morgan fingerprint density at radius 3 is 2.03 bits per heavy atom. The molecule has 0 radical (unpaired) electrons. The summed E-state index contributed by atoms with van der Waals surface area (Å²) in [5.41, 5.74) is -1.02. The van der Waals surface area contributed by atoms with Crippen LogP contribution < -0.4 is 5.32 Å². The van der Waals surface area contributed by atoms with Crippen molar-refractivity contribution in [2.75, 3.05) is 6.54 Å². The molecule has 1 aliphatic heterocycles. The van der Waals surface area contributed by atoms with E-state index in [0.29, 0.717) is 5.56 Å². The van der Waals surface area contributed by atoms with Gasteiger partial charge in [0.1, 0.15) is 12.1 Å². The summed E-state index contributed by atoms with van der Waals surface area (Å²) < 4.78 is 0. The number of carbonyl (C=O) groups excluding carboxylic acids is 3. The fourth-order valence-corrected chi connectivity index (χ4v) is 5.59. The molecule has 1 N–H and O–H groups in total. The first-order valence-electron chi connectivity index (χ1n) is 12.0. The van der Waals surface area contributed by atoms with Crippen molar-refractivity contribution < 1.29 is 19.3 Å². The van der Waals surface area contributed by atoms with Gasteiger partial charge in [-0.2, -0.15) is 0 Å². The number of nitrogens with zero attached hydrogens (tertiary/aromatic N) is 3. The fraction of sp³-hybridized carbons (Fsp3) is 0.625. The van der Waals surface area contributed by atoms with Gasteiger partial charge in [-0.1, -0.05) is 38.5 Å². The Kier molecular flexibility index (Phi) is 6.67. The zero-order chi connectivity index (χ0) is 23.6. The van der Waals surface area contributed by atoms with E-state index < -0.39 is 22.4 Å². The molecule has 1 atom stereocenters. The van der Waals surface area contributed by atoms with Gasteiger partial charge < -0.3 is 10.2 Å². The second-order valence-corrected chi connectivity index (χ2v) is 9.64. The fourth-order valence-electron chi connectivity index (χ4n) is 5.59. The van der Waals surface area contributed by atoms with E-state index in [1.807, 2.05) is 4.90 Å². The van der Waals surface area contributed by atoms with Crippen LogP contribution in [0.5, 0.6) is 0 Å². The van der Waals surface area contributed by atoms with E-state index in [2.05, 4.69) is 5.32 Å². The number of nitro benzene ring substituents is 1. The number of non-ortho nitro benzene ring substituents is 1. The Bertz CT molecular complexity index is 903. The van der Waals surface area contributed by atoms with Gasteiger partial charge in [-0.15, -0.1) is 0 Å². The van der Waals surface area contributed by atoms with Crippen LogP contribution in [-0.2, 0) is 15.1 Å². The minimum atomic E-state index is -1.37. The van der Waals surface area contributed by atoms with Crippen molar-refractivity contribution in [3.8, 4) is 0 Å². The number of rotatable bonds is 6. The maximum absolute atomic E-state index is 13.5. The molecular weight excluding hydrogens is 424 g/mol. The van der Waals surface area contributed by atoms with Crippen LogP contribution in [0.1, 0.15) is 76.7 Å². The molecule has 178 valence electrons. The highest BCUT2D eigenvalue weighted by atomic mass is 16.6. The molecule has 2 saturated carbocycles. The highest BCUT2D eigenvalue weighted by Gasteiger charge is 2.50. The van der Waals surface area contributed by atoms with E-state index in [1.54, 1.807) is 6.92 Å². The third-order valence-corrected chi connectivity index (χ3v) is 7.45. The molecule has 33 heavy (non-hydrogen) atoms. The predicted molar refractivity (Wildman–Crippen MR) is 121 cm³/mol. The summed E-state index contributed by atoms with van der Waals surface area (Å²) in [6.45, 7) is 1.29. The summed E-state index contributed by atoms with van der Waals surface area (Å²) in [5, 5.41) is 13.6. The van der Waals surface area contributed by atoms with Crippen LogP contribution in [0.3, 0.4) is 0 Å². The van der Waals surface area contributed by atoms with E-state index in [-0.39, 0.29) is 30.2 Å². The maximum atomic E-state index is 13.5. The van der Waals surface area contributed by atoms with Gasteiger partial charge in [0.2, 0.25) is 5.91 Å². The monoisotopic (exact) mass is 456 g/mol. The molecular formula is C24H32N4O5. The Morgan fingerprint density at radius 1 is 1.03 bits per heavy atom. The minimum Gasteiger partial charge on any atom is -0.335 e. The van der Waals surface area contributed by atoms with Crippen molar-refractivity contribution in [3.05, 3.63) is 39.9 Å². The third kappa shape index (κ3) is 4.58. The summed E-state index contributed by atoms with van der Waals surface area (Å²) in [6.07, 6.45) is 10.7. The Morgan fingerprint density at radius 2 is 1.55 bits per heavy atom. The van der Waals surface area contributed by atoms with Crippen molar-refractivity contribution in [1.29, 1.82) is 0 Å². The third-order valence-electron chi connectivity index (χ3n) is 7.45. The van der Waals surface area contributed by atoms with Gasteiger partial charge in [-0.05, 0) is 50.3 Å². The van der Waals surface area contributed by atoms with Crippen molar-refractivity contribution in [1.82, 2.24) is 15.1 Å². The Hall–Kier alpha value is -2.97. The predicted octanol–water partition coefficient (Wildman–Crippen LogP) is 3.86. The smallest absolute Gasteiger partial charge is 0.325 e.